The Hall–Kier alpha value is -0.240. The second-order valence-electron chi connectivity index (χ2n) is 5.93. The predicted octanol–water partition coefficient (Wildman–Crippen LogP) is 0.375. The van der Waals surface area contributed by atoms with E-state index in [4.69, 9.17) is 23.7 Å². The highest BCUT2D eigenvalue weighted by molar-refractivity contribution is 4.97. The van der Waals surface area contributed by atoms with Crippen LogP contribution in [0.25, 0.3) is 0 Å². The molecule has 0 aromatic carbocycles. The normalized spacial score (nSPS) is 49.5. The van der Waals surface area contributed by atoms with Crippen LogP contribution in [0.4, 0.5) is 0 Å². The maximum Gasteiger partial charge on any atom is 0.190 e. The standard InChI is InChI=1S/C12H20O6/c1-11(2)14-5-6(16-11)8-7(13)9-10(15-8)18-12(3,4)17-9/h6-10,13H,5H2,1-4H3/t6?,7?,8?,9-,10?/m0/s1. The van der Waals surface area contributed by atoms with E-state index in [1.807, 2.05) is 13.8 Å². The number of aliphatic hydroxyl groups is 1. The van der Waals surface area contributed by atoms with Crippen LogP contribution in [0.15, 0.2) is 0 Å². The van der Waals surface area contributed by atoms with Crippen molar-refractivity contribution in [2.45, 2.75) is 70.0 Å². The molecule has 0 bridgehead atoms. The summed E-state index contributed by atoms with van der Waals surface area (Å²) in [5, 5.41) is 10.3. The molecule has 0 radical (unpaired) electrons. The van der Waals surface area contributed by atoms with E-state index in [1.54, 1.807) is 13.8 Å². The van der Waals surface area contributed by atoms with E-state index < -0.39 is 36.2 Å². The number of hydrogen-bond acceptors (Lipinski definition) is 6. The lowest BCUT2D eigenvalue weighted by atomic mass is 10.1. The molecule has 3 aliphatic rings. The predicted molar refractivity (Wildman–Crippen MR) is 59.6 cm³/mol. The fourth-order valence-corrected chi connectivity index (χ4v) is 2.70. The Kier molecular flexibility index (Phi) is 2.75. The van der Waals surface area contributed by atoms with Gasteiger partial charge in [-0.15, -0.1) is 0 Å². The van der Waals surface area contributed by atoms with Gasteiger partial charge in [0.1, 0.15) is 24.4 Å². The summed E-state index contributed by atoms with van der Waals surface area (Å²) in [5.41, 5.74) is 0. The molecule has 3 fully saturated rings. The van der Waals surface area contributed by atoms with Gasteiger partial charge in [0.2, 0.25) is 0 Å². The Morgan fingerprint density at radius 2 is 1.67 bits per heavy atom. The van der Waals surface area contributed by atoms with E-state index in [0.29, 0.717) is 6.61 Å². The van der Waals surface area contributed by atoms with Crippen LogP contribution < -0.4 is 0 Å². The van der Waals surface area contributed by atoms with Crippen LogP contribution in [-0.4, -0.2) is 54.0 Å². The highest BCUT2D eigenvalue weighted by Gasteiger charge is 2.57. The molecular formula is C12H20O6. The molecule has 3 rings (SSSR count). The van der Waals surface area contributed by atoms with E-state index in [0.717, 1.165) is 0 Å². The largest absolute Gasteiger partial charge is 0.387 e. The van der Waals surface area contributed by atoms with Crippen molar-refractivity contribution >= 4 is 0 Å². The van der Waals surface area contributed by atoms with Gasteiger partial charge in [-0.3, -0.25) is 0 Å². The van der Waals surface area contributed by atoms with Gasteiger partial charge in [-0.05, 0) is 27.7 Å². The highest BCUT2D eigenvalue weighted by atomic mass is 16.8. The summed E-state index contributed by atoms with van der Waals surface area (Å²) in [6.07, 6.45) is -2.53. The minimum atomic E-state index is -0.765. The van der Waals surface area contributed by atoms with Crippen LogP contribution in [0, 0.1) is 0 Å². The Bertz CT molecular complexity index is 341. The third-order valence-electron chi connectivity index (χ3n) is 3.45. The second-order valence-corrected chi connectivity index (χ2v) is 5.93. The van der Waals surface area contributed by atoms with Crippen molar-refractivity contribution in [1.82, 2.24) is 0 Å². The maximum absolute atomic E-state index is 10.3. The second kappa shape index (κ2) is 3.88. The summed E-state index contributed by atoms with van der Waals surface area (Å²) < 4.78 is 28.1. The van der Waals surface area contributed by atoms with Crippen LogP contribution in [0.1, 0.15) is 27.7 Å². The fourth-order valence-electron chi connectivity index (χ4n) is 2.70. The Morgan fingerprint density at radius 1 is 0.944 bits per heavy atom. The molecule has 4 unspecified atom stereocenters. The van der Waals surface area contributed by atoms with E-state index >= 15 is 0 Å². The van der Waals surface area contributed by atoms with Crippen molar-refractivity contribution < 1.29 is 28.8 Å². The van der Waals surface area contributed by atoms with Crippen LogP contribution in [0.3, 0.4) is 0 Å². The molecular weight excluding hydrogens is 240 g/mol. The van der Waals surface area contributed by atoms with Gasteiger partial charge in [0, 0.05) is 0 Å². The van der Waals surface area contributed by atoms with Crippen LogP contribution in [0.5, 0.6) is 0 Å². The summed E-state index contributed by atoms with van der Waals surface area (Å²) in [4.78, 5) is 0. The molecule has 18 heavy (non-hydrogen) atoms. The van der Waals surface area contributed by atoms with Crippen molar-refractivity contribution in [3.8, 4) is 0 Å². The molecule has 0 aliphatic carbocycles. The maximum atomic E-state index is 10.3. The van der Waals surface area contributed by atoms with E-state index in [9.17, 15) is 5.11 Å². The van der Waals surface area contributed by atoms with E-state index in [1.165, 1.54) is 0 Å². The fraction of sp³-hybridized carbons (Fsp3) is 1.00. The first kappa shape index (κ1) is 12.8. The molecule has 3 saturated heterocycles. The average Bonchev–Trinajstić information content (AvgIpc) is 2.81. The highest BCUT2D eigenvalue weighted by Crippen LogP contribution is 2.40. The third-order valence-corrected chi connectivity index (χ3v) is 3.45. The van der Waals surface area contributed by atoms with Crippen molar-refractivity contribution in [3.63, 3.8) is 0 Å². The third kappa shape index (κ3) is 2.07. The molecule has 0 aromatic rings. The van der Waals surface area contributed by atoms with Crippen molar-refractivity contribution in [2.24, 2.45) is 0 Å². The minimum Gasteiger partial charge on any atom is -0.387 e. The Morgan fingerprint density at radius 3 is 2.22 bits per heavy atom. The van der Waals surface area contributed by atoms with Crippen molar-refractivity contribution in [3.05, 3.63) is 0 Å². The smallest absolute Gasteiger partial charge is 0.190 e. The van der Waals surface area contributed by atoms with Crippen molar-refractivity contribution in [1.29, 1.82) is 0 Å². The lowest BCUT2D eigenvalue weighted by Crippen LogP contribution is -2.42. The summed E-state index contributed by atoms with van der Waals surface area (Å²) in [6.45, 7) is 7.68. The molecule has 0 spiro atoms. The first-order valence-electron chi connectivity index (χ1n) is 6.28. The molecule has 3 heterocycles. The zero-order valence-corrected chi connectivity index (χ0v) is 11.1. The molecule has 0 saturated carbocycles. The lowest BCUT2D eigenvalue weighted by molar-refractivity contribution is -0.232. The first-order valence-corrected chi connectivity index (χ1v) is 6.28. The number of ether oxygens (including phenoxy) is 5. The zero-order valence-electron chi connectivity index (χ0n) is 11.1. The number of fused-ring (bicyclic) bond motifs is 1. The molecule has 1 N–H and O–H groups in total. The molecule has 6 heteroatoms. The van der Waals surface area contributed by atoms with Gasteiger partial charge in [-0.1, -0.05) is 0 Å². The SMILES string of the molecule is CC1(C)OCC(C2OC3OC(C)(C)O[C@H]3C2O)O1. The monoisotopic (exact) mass is 260 g/mol. The van der Waals surface area contributed by atoms with Gasteiger partial charge < -0.3 is 28.8 Å². The number of hydrogen-bond donors (Lipinski definition) is 1. The molecule has 104 valence electrons. The van der Waals surface area contributed by atoms with Gasteiger partial charge in [0.25, 0.3) is 0 Å². The minimum absolute atomic E-state index is 0.295. The Balaban J connectivity index is 1.68. The summed E-state index contributed by atoms with van der Waals surface area (Å²) in [7, 11) is 0. The first-order chi connectivity index (χ1) is 8.27. The van der Waals surface area contributed by atoms with Gasteiger partial charge in [-0.25, -0.2) is 0 Å². The topological polar surface area (TPSA) is 66.4 Å². The lowest BCUT2D eigenvalue weighted by Gasteiger charge is -2.26. The summed E-state index contributed by atoms with van der Waals surface area (Å²) >= 11 is 0. The van der Waals surface area contributed by atoms with Gasteiger partial charge in [-0.2, -0.15) is 0 Å². The average molecular weight is 260 g/mol. The van der Waals surface area contributed by atoms with Crippen molar-refractivity contribution in [2.75, 3.05) is 6.61 Å². The molecule has 0 aromatic heterocycles. The molecule has 3 aliphatic heterocycles. The van der Waals surface area contributed by atoms with E-state index in [2.05, 4.69) is 0 Å². The molecule has 0 amide bonds. The van der Waals surface area contributed by atoms with Gasteiger partial charge >= 0.3 is 0 Å². The summed E-state index contributed by atoms with van der Waals surface area (Å²) in [6, 6.07) is 0. The zero-order chi connectivity index (χ0) is 13.1. The Labute approximate surface area is 106 Å². The van der Waals surface area contributed by atoms with Crippen LogP contribution in [-0.2, 0) is 23.7 Å². The quantitative estimate of drug-likeness (QED) is 0.735. The summed E-state index contributed by atoms with van der Waals surface area (Å²) in [5.74, 6) is -1.35. The van der Waals surface area contributed by atoms with Gasteiger partial charge in [0.15, 0.2) is 17.9 Å². The molecule has 6 nitrogen and oxygen atoms in total. The van der Waals surface area contributed by atoms with E-state index in [-0.39, 0.29) is 6.10 Å². The number of rotatable bonds is 1. The van der Waals surface area contributed by atoms with Gasteiger partial charge in [0.05, 0.1) is 6.61 Å². The van der Waals surface area contributed by atoms with Crippen LogP contribution >= 0.6 is 0 Å². The number of aliphatic hydroxyl groups excluding tert-OH is 1. The molecule has 5 atom stereocenters. The van der Waals surface area contributed by atoms with Crippen LogP contribution in [0.2, 0.25) is 0 Å².